The highest BCUT2D eigenvalue weighted by Crippen LogP contribution is 2.19. The number of halogens is 1. The summed E-state index contributed by atoms with van der Waals surface area (Å²) in [5.74, 6) is -0.148. The van der Waals surface area contributed by atoms with E-state index in [1.165, 1.54) is 0 Å². The van der Waals surface area contributed by atoms with Crippen molar-refractivity contribution >= 4 is 27.5 Å². The topological polar surface area (TPSA) is 56.1 Å². The third-order valence-electron chi connectivity index (χ3n) is 2.68. The van der Waals surface area contributed by atoms with Crippen molar-refractivity contribution in [1.29, 1.82) is 5.26 Å². The summed E-state index contributed by atoms with van der Waals surface area (Å²) in [5, 5.41) is 11.6. The highest BCUT2D eigenvalue weighted by Gasteiger charge is 2.10. The molecule has 0 heterocycles. The van der Waals surface area contributed by atoms with Gasteiger partial charge in [0.25, 0.3) is 0 Å². The second-order valence-electron chi connectivity index (χ2n) is 4.73. The van der Waals surface area contributed by atoms with E-state index in [4.69, 9.17) is 5.26 Å². The molecular weight excluding hydrogens is 306 g/mol. The Bertz CT molecular complexity index is 496. The summed E-state index contributed by atoms with van der Waals surface area (Å²) >= 11 is 3.39. The maximum atomic E-state index is 11.9. The molecule has 0 aliphatic heterocycles. The van der Waals surface area contributed by atoms with Crippen LogP contribution >= 0.6 is 15.9 Å². The van der Waals surface area contributed by atoms with Crippen LogP contribution in [0.3, 0.4) is 0 Å². The van der Waals surface area contributed by atoms with Gasteiger partial charge in [-0.05, 0) is 44.7 Å². The van der Waals surface area contributed by atoms with Gasteiger partial charge in [-0.15, -0.1) is 0 Å². The molecule has 1 atom stereocenters. The van der Waals surface area contributed by atoms with Crippen molar-refractivity contribution in [2.24, 2.45) is 5.92 Å². The van der Waals surface area contributed by atoms with Gasteiger partial charge in [0.1, 0.15) is 0 Å². The van der Waals surface area contributed by atoms with Gasteiger partial charge in [-0.3, -0.25) is 9.69 Å². The Kier molecular flexibility index (Phi) is 6.00. The van der Waals surface area contributed by atoms with Crippen molar-refractivity contribution in [3.05, 3.63) is 28.2 Å². The zero-order valence-corrected chi connectivity index (χ0v) is 13.0. The molecule has 0 saturated heterocycles. The molecule has 0 bridgehead atoms. The predicted molar refractivity (Wildman–Crippen MR) is 79.8 cm³/mol. The maximum Gasteiger partial charge on any atom is 0.238 e. The standard InChI is InChI=1S/C14H18BrN3O/c1-10(7-16)8-18(3)9-14(19)17-13-5-4-12(15)6-11(13)2/h4-6,10H,8-9H2,1-3H3,(H,17,19)/t10-/m0/s1. The molecule has 19 heavy (non-hydrogen) atoms. The van der Waals surface area contributed by atoms with Gasteiger partial charge in [-0.2, -0.15) is 5.26 Å². The highest BCUT2D eigenvalue weighted by atomic mass is 79.9. The summed E-state index contributed by atoms with van der Waals surface area (Å²) in [7, 11) is 1.84. The molecule has 0 spiro atoms. The van der Waals surface area contributed by atoms with Crippen LogP contribution < -0.4 is 5.32 Å². The molecule has 0 aliphatic carbocycles. The summed E-state index contributed by atoms with van der Waals surface area (Å²) < 4.78 is 0.989. The molecule has 4 nitrogen and oxygen atoms in total. The van der Waals surface area contributed by atoms with Crippen molar-refractivity contribution in [1.82, 2.24) is 4.90 Å². The number of likely N-dealkylation sites (N-methyl/N-ethyl adjacent to an activating group) is 1. The Morgan fingerprint density at radius 2 is 2.26 bits per heavy atom. The molecule has 1 aromatic rings. The van der Waals surface area contributed by atoms with Crippen molar-refractivity contribution in [3.63, 3.8) is 0 Å². The van der Waals surface area contributed by atoms with Crippen LogP contribution in [0, 0.1) is 24.2 Å². The molecule has 1 aromatic carbocycles. The minimum absolute atomic E-state index is 0.0712. The lowest BCUT2D eigenvalue weighted by molar-refractivity contribution is -0.117. The Labute approximate surface area is 122 Å². The number of benzene rings is 1. The molecule has 0 radical (unpaired) electrons. The van der Waals surface area contributed by atoms with E-state index in [9.17, 15) is 4.79 Å². The van der Waals surface area contributed by atoms with Crippen LogP contribution in [0.2, 0.25) is 0 Å². The smallest absolute Gasteiger partial charge is 0.238 e. The molecule has 0 unspecified atom stereocenters. The van der Waals surface area contributed by atoms with Gasteiger partial charge in [0, 0.05) is 16.7 Å². The lowest BCUT2D eigenvalue weighted by Gasteiger charge is -2.17. The van der Waals surface area contributed by atoms with E-state index >= 15 is 0 Å². The number of hydrogen-bond acceptors (Lipinski definition) is 3. The van der Waals surface area contributed by atoms with Crippen LogP contribution in [-0.4, -0.2) is 30.9 Å². The molecule has 0 saturated carbocycles. The summed E-state index contributed by atoms with van der Waals surface area (Å²) in [6.07, 6.45) is 0. The Morgan fingerprint density at radius 3 is 2.84 bits per heavy atom. The van der Waals surface area contributed by atoms with E-state index in [1.807, 2.05) is 44.0 Å². The van der Waals surface area contributed by atoms with Crippen molar-refractivity contribution in [2.45, 2.75) is 13.8 Å². The number of rotatable bonds is 5. The Hall–Kier alpha value is -1.38. The maximum absolute atomic E-state index is 11.9. The van der Waals surface area contributed by atoms with Gasteiger partial charge >= 0.3 is 0 Å². The number of hydrogen-bond donors (Lipinski definition) is 1. The first kappa shape index (κ1) is 15.7. The minimum atomic E-state index is -0.0767. The zero-order valence-electron chi connectivity index (χ0n) is 11.4. The Balaban J connectivity index is 2.54. The van der Waals surface area contributed by atoms with Gasteiger partial charge < -0.3 is 5.32 Å². The average molecular weight is 324 g/mol. The molecule has 0 fully saturated rings. The first-order chi connectivity index (χ1) is 8.92. The molecule has 1 amide bonds. The Morgan fingerprint density at radius 1 is 1.58 bits per heavy atom. The van der Waals surface area contributed by atoms with E-state index in [0.717, 1.165) is 15.7 Å². The predicted octanol–water partition coefficient (Wildman–Crippen LogP) is 2.79. The zero-order chi connectivity index (χ0) is 14.4. The SMILES string of the molecule is Cc1cc(Br)ccc1NC(=O)CN(C)C[C@@H](C)C#N. The normalized spacial score (nSPS) is 12.0. The van der Waals surface area contributed by atoms with Gasteiger partial charge in [-0.1, -0.05) is 15.9 Å². The van der Waals surface area contributed by atoms with Crippen LogP contribution in [0.25, 0.3) is 0 Å². The van der Waals surface area contributed by atoms with Crippen LogP contribution in [0.1, 0.15) is 12.5 Å². The van der Waals surface area contributed by atoms with Crippen molar-refractivity contribution in [2.75, 3.05) is 25.5 Å². The lowest BCUT2D eigenvalue weighted by atomic mass is 10.2. The summed E-state index contributed by atoms with van der Waals surface area (Å²) in [6.45, 7) is 4.65. The van der Waals surface area contributed by atoms with Gasteiger partial charge in [0.15, 0.2) is 0 Å². The second kappa shape index (κ2) is 7.27. The number of carbonyl (C=O) groups excluding carboxylic acids is 1. The first-order valence-electron chi connectivity index (χ1n) is 6.06. The van der Waals surface area contributed by atoms with E-state index in [-0.39, 0.29) is 18.4 Å². The minimum Gasteiger partial charge on any atom is -0.325 e. The summed E-state index contributed by atoms with van der Waals surface area (Å²) in [5.41, 5.74) is 1.82. The van der Waals surface area contributed by atoms with Crippen LogP contribution in [-0.2, 0) is 4.79 Å². The van der Waals surface area contributed by atoms with E-state index in [0.29, 0.717) is 6.54 Å². The highest BCUT2D eigenvalue weighted by molar-refractivity contribution is 9.10. The third kappa shape index (κ3) is 5.41. The van der Waals surface area contributed by atoms with Gasteiger partial charge in [0.2, 0.25) is 5.91 Å². The number of anilines is 1. The number of amides is 1. The number of nitrogens with zero attached hydrogens (tertiary/aromatic N) is 2. The molecule has 102 valence electrons. The summed E-state index contributed by atoms with van der Waals surface area (Å²) in [4.78, 5) is 13.7. The molecule has 1 rings (SSSR count). The molecule has 5 heteroatoms. The van der Waals surface area contributed by atoms with Crippen LogP contribution in [0.4, 0.5) is 5.69 Å². The van der Waals surface area contributed by atoms with Gasteiger partial charge in [-0.25, -0.2) is 0 Å². The fourth-order valence-electron chi connectivity index (χ4n) is 1.78. The van der Waals surface area contributed by atoms with E-state index in [1.54, 1.807) is 0 Å². The largest absolute Gasteiger partial charge is 0.325 e. The number of aryl methyl sites for hydroxylation is 1. The fraction of sp³-hybridized carbons (Fsp3) is 0.429. The number of nitrogens with one attached hydrogen (secondary N) is 1. The number of carbonyl (C=O) groups is 1. The fourth-order valence-corrected chi connectivity index (χ4v) is 2.25. The molecular formula is C14H18BrN3O. The third-order valence-corrected chi connectivity index (χ3v) is 3.18. The first-order valence-corrected chi connectivity index (χ1v) is 6.86. The van der Waals surface area contributed by atoms with E-state index < -0.39 is 0 Å². The van der Waals surface area contributed by atoms with Crippen molar-refractivity contribution < 1.29 is 4.79 Å². The van der Waals surface area contributed by atoms with Crippen molar-refractivity contribution in [3.8, 4) is 6.07 Å². The van der Waals surface area contributed by atoms with Gasteiger partial charge in [0.05, 0.1) is 18.5 Å². The lowest BCUT2D eigenvalue weighted by Crippen LogP contribution is -2.33. The molecule has 0 aliphatic rings. The average Bonchev–Trinajstić information content (AvgIpc) is 2.32. The molecule has 1 N–H and O–H groups in total. The summed E-state index contributed by atoms with van der Waals surface area (Å²) in [6, 6.07) is 7.87. The monoisotopic (exact) mass is 323 g/mol. The van der Waals surface area contributed by atoms with E-state index in [2.05, 4.69) is 27.3 Å². The molecule has 0 aromatic heterocycles. The number of nitriles is 1. The van der Waals surface area contributed by atoms with Crippen LogP contribution in [0.15, 0.2) is 22.7 Å². The van der Waals surface area contributed by atoms with Crippen LogP contribution in [0.5, 0.6) is 0 Å². The quantitative estimate of drug-likeness (QED) is 0.906. The second-order valence-corrected chi connectivity index (χ2v) is 5.65.